The second kappa shape index (κ2) is 11.8. The topological polar surface area (TPSA) is 91.2 Å². The van der Waals surface area contributed by atoms with Crippen molar-refractivity contribution in [2.24, 2.45) is 0 Å². The van der Waals surface area contributed by atoms with Crippen LogP contribution in [0.15, 0.2) is 23.4 Å². The van der Waals surface area contributed by atoms with Crippen LogP contribution in [0.5, 0.6) is 0 Å². The molecule has 1 heterocycles. The number of halogens is 3. The van der Waals surface area contributed by atoms with Crippen LogP contribution >= 0.6 is 46.6 Å². The maximum Gasteiger partial charge on any atom is 0.252 e. The summed E-state index contributed by atoms with van der Waals surface area (Å²) >= 11 is 19.0. The summed E-state index contributed by atoms with van der Waals surface area (Å²) in [6, 6.07) is 5.40. The number of thioether (sulfide) groups is 1. The number of rotatable bonds is 4. The molecule has 0 fully saturated rings. The summed E-state index contributed by atoms with van der Waals surface area (Å²) < 4.78 is 0. The normalized spacial score (nSPS) is 10.9. The van der Waals surface area contributed by atoms with E-state index < -0.39 is 0 Å². The van der Waals surface area contributed by atoms with E-state index in [1.807, 2.05) is 18.5 Å². The van der Waals surface area contributed by atoms with Gasteiger partial charge in [0.15, 0.2) is 5.16 Å². The van der Waals surface area contributed by atoms with E-state index in [9.17, 15) is 0 Å². The van der Waals surface area contributed by atoms with Gasteiger partial charge in [-0.15, -0.1) is 0 Å². The molecule has 0 aliphatic carbocycles. The Labute approximate surface area is 178 Å². The molecule has 1 radical (unpaired) electrons. The summed E-state index contributed by atoms with van der Waals surface area (Å²) in [5.74, 6) is -0.00571. The van der Waals surface area contributed by atoms with E-state index in [0.717, 1.165) is 12.7 Å². The van der Waals surface area contributed by atoms with E-state index in [-0.39, 0.29) is 49.2 Å². The first-order valence-electron chi connectivity index (χ1n) is 5.87. The Bertz CT molecular complexity index is 639. The zero-order valence-corrected chi connectivity index (χ0v) is 18.1. The number of hydrogen-bond acceptors (Lipinski definition) is 7. The molecule has 1 atom stereocenters. The molecule has 1 aromatic heterocycles. The molecule has 6 nitrogen and oxygen atoms in total. The van der Waals surface area contributed by atoms with Gasteiger partial charge in [0.25, 0.3) is 5.95 Å². The number of nitrogens with one attached hydrogen (secondary N) is 1. The first-order valence-corrected chi connectivity index (χ1v) is 7.89. The zero-order valence-electron chi connectivity index (χ0n) is 12.2. The predicted molar refractivity (Wildman–Crippen MR) is 89.1 cm³/mol. The van der Waals surface area contributed by atoms with Crippen LogP contribution in [0, 0.1) is 0 Å². The average molecular weight is 473 g/mol. The Kier molecular flexibility index (Phi) is 11.9. The molecule has 0 aliphatic rings. The Balaban J connectivity index is 0.00000155. The smallest absolute Gasteiger partial charge is 0.252 e. The molecule has 0 saturated carbocycles. The summed E-state index contributed by atoms with van der Waals surface area (Å²) in [4.78, 5) is 11.7. The Morgan fingerprint density at radius 1 is 1.09 bits per heavy atom. The van der Waals surface area contributed by atoms with Gasteiger partial charge in [0.2, 0.25) is 5.28 Å². The third-order valence-corrected chi connectivity index (χ3v) is 4.31. The van der Waals surface area contributed by atoms with E-state index in [4.69, 9.17) is 45.1 Å². The molecule has 0 amide bonds. The number of benzene rings is 1. The van der Waals surface area contributed by atoms with Crippen LogP contribution in [0.1, 0.15) is 17.7 Å². The van der Waals surface area contributed by atoms with Crippen molar-refractivity contribution in [2.75, 3.05) is 12.6 Å². The molecule has 0 bridgehead atoms. The molecule has 3 N–H and O–H groups in total. The monoisotopic (exact) mass is 471 g/mol. The van der Waals surface area contributed by atoms with Gasteiger partial charge in [-0.1, -0.05) is 41.0 Å². The van der Waals surface area contributed by atoms with Crippen molar-refractivity contribution in [2.45, 2.75) is 17.3 Å². The fourth-order valence-corrected chi connectivity index (χ4v) is 2.82. The number of hydrogen-bond donors (Lipinski definition) is 3. The van der Waals surface area contributed by atoms with Gasteiger partial charge >= 0.3 is 0 Å². The molecule has 0 spiro atoms. The van der Waals surface area contributed by atoms with Gasteiger partial charge in [-0.25, -0.2) is 5.48 Å². The average Bonchev–Trinajstić information content (AvgIpc) is 2.51. The fraction of sp³-hybridized carbons (Fsp3) is 0.250. The Hall–Kier alpha value is 0.274. The minimum absolute atomic E-state index is 0. The van der Waals surface area contributed by atoms with Crippen LogP contribution in [-0.2, 0) is 32.7 Å². The Morgan fingerprint density at radius 2 is 1.74 bits per heavy atom. The second-order valence-electron chi connectivity index (χ2n) is 3.76. The van der Waals surface area contributed by atoms with Crippen LogP contribution in [0.2, 0.25) is 15.3 Å². The first-order chi connectivity index (χ1) is 10.5. The van der Waals surface area contributed by atoms with E-state index >= 15 is 0 Å². The number of aromatic nitrogens is 3. The SMILES string of the molecule is CC(Sc1nc(Cl)nc(NO)n1)c1ccc(Cl)c(Cl)c1.CO.[Y]. The molecule has 1 unspecified atom stereocenters. The van der Waals surface area contributed by atoms with E-state index in [1.54, 1.807) is 12.1 Å². The van der Waals surface area contributed by atoms with Gasteiger partial charge in [0, 0.05) is 45.1 Å². The molecule has 2 rings (SSSR count). The van der Waals surface area contributed by atoms with Gasteiger partial charge < -0.3 is 5.11 Å². The number of nitrogens with zero attached hydrogens (tertiary/aromatic N) is 3. The van der Waals surface area contributed by atoms with Gasteiger partial charge in [-0.05, 0) is 36.2 Å². The molecular weight excluding hydrogens is 459 g/mol. The number of aliphatic hydroxyl groups excluding tert-OH is 1. The summed E-state index contributed by atoms with van der Waals surface area (Å²) in [6.45, 7) is 1.97. The van der Waals surface area contributed by atoms with E-state index in [2.05, 4.69) is 15.0 Å². The van der Waals surface area contributed by atoms with Crippen LogP contribution < -0.4 is 5.48 Å². The Morgan fingerprint density at radius 3 is 2.30 bits per heavy atom. The van der Waals surface area contributed by atoms with Crippen molar-refractivity contribution < 1.29 is 43.0 Å². The maximum atomic E-state index is 8.80. The quantitative estimate of drug-likeness (QED) is 0.456. The predicted octanol–water partition coefficient (Wildman–Crippen LogP) is 4.09. The van der Waals surface area contributed by atoms with Gasteiger partial charge in [0.05, 0.1) is 10.0 Å². The number of aliphatic hydroxyl groups is 1. The molecule has 2 aromatic rings. The van der Waals surface area contributed by atoms with Crippen molar-refractivity contribution in [1.29, 1.82) is 0 Å². The van der Waals surface area contributed by atoms with E-state index in [0.29, 0.717) is 15.2 Å². The number of anilines is 1. The third kappa shape index (κ3) is 7.36. The molecule has 11 heteroatoms. The van der Waals surface area contributed by atoms with Gasteiger partial charge in [-0.2, -0.15) is 15.0 Å². The third-order valence-electron chi connectivity index (χ3n) is 2.38. The summed E-state index contributed by atoms with van der Waals surface area (Å²) in [6.07, 6.45) is 0. The van der Waals surface area contributed by atoms with Crippen molar-refractivity contribution in [1.82, 2.24) is 15.0 Å². The molecule has 123 valence electrons. The summed E-state index contributed by atoms with van der Waals surface area (Å²) in [5, 5.41) is 17.2. The van der Waals surface area contributed by atoms with Crippen LogP contribution in [0.4, 0.5) is 5.95 Å². The summed E-state index contributed by atoms with van der Waals surface area (Å²) in [7, 11) is 1.00. The largest absolute Gasteiger partial charge is 0.400 e. The minimum atomic E-state index is -0.00571. The standard InChI is InChI=1S/C11H9Cl3N4OS.CH4O.Y/c1-5(6-2-3-7(12)8(13)4-6)20-11-16-9(14)15-10(17-11)18-19;1-2;/h2-5,19H,1H3,(H,15,16,17,18);2H,1H3;. The molecule has 0 aliphatic heterocycles. The van der Waals surface area contributed by atoms with Crippen molar-refractivity contribution >= 4 is 52.5 Å². The van der Waals surface area contributed by atoms with Crippen LogP contribution in [0.3, 0.4) is 0 Å². The van der Waals surface area contributed by atoms with Gasteiger partial charge in [0.1, 0.15) is 0 Å². The van der Waals surface area contributed by atoms with Crippen molar-refractivity contribution in [3.05, 3.63) is 39.1 Å². The van der Waals surface area contributed by atoms with Crippen LogP contribution in [0.25, 0.3) is 0 Å². The second-order valence-corrected chi connectivity index (χ2v) is 6.22. The first kappa shape index (κ1) is 23.3. The zero-order chi connectivity index (χ0) is 16.7. The maximum absolute atomic E-state index is 8.80. The summed E-state index contributed by atoms with van der Waals surface area (Å²) in [5.41, 5.74) is 2.81. The van der Waals surface area contributed by atoms with Crippen molar-refractivity contribution in [3.63, 3.8) is 0 Å². The molecule has 1 aromatic carbocycles. The molecule has 23 heavy (non-hydrogen) atoms. The van der Waals surface area contributed by atoms with Crippen LogP contribution in [-0.4, -0.2) is 32.4 Å². The minimum Gasteiger partial charge on any atom is -0.400 e. The van der Waals surface area contributed by atoms with Gasteiger partial charge in [-0.3, -0.25) is 5.21 Å². The molecule has 0 saturated heterocycles. The van der Waals surface area contributed by atoms with Crippen molar-refractivity contribution in [3.8, 4) is 0 Å². The molecular formula is C12H13Cl3N4O2SY. The fourth-order valence-electron chi connectivity index (χ4n) is 1.43. The van der Waals surface area contributed by atoms with E-state index in [1.165, 1.54) is 11.8 Å².